The van der Waals surface area contributed by atoms with Crippen LogP contribution >= 0.6 is 0 Å². The van der Waals surface area contributed by atoms with Crippen molar-refractivity contribution in [2.75, 3.05) is 32.7 Å². The van der Waals surface area contributed by atoms with E-state index in [1.807, 2.05) is 0 Å². The number of hydrogen-bond acceptors (Lipinski definition) is 4. The van der Waals surface area contributed by atoms with Crippen LogP contribution < -0.4 is 5.73 Å². The SMILES string of the molecule is N=C1N(CCCC[C@H]2CN=C(N)N2CCCCC2CCCCC2)C[C@@H](Cc2cccc3ccccc23)N1CCc1ccc(-c2ccccc2)cc1. The van der Waals surface area contributed by atoms with Gasteiger partial charge in [-0.3, -0.25) is 10.4 Å². The number of hydrogen-bond donors (Lipinski definition) is 2. The minimum absolute atomic E-state index is 0.277. The van der Waals surface area contributed by atoms with E-state index in [9.17, 15) is 5.41 Å². The largest absolute Gasteiger partial charge is 0.370 e. The van der Waals surface area contributed by atoms with E-state index < -0.39 is 0 Å². The molecule has 1 aliphatic carbocycles. The first-order valence-corrected chi connectivity index (χ1v) is 19.9. The molecule has 51 heavy (non-hydrogen) atoms. The van der Waals surface area contributed by atoms with Crippen LogP contribution in [0.3, 0.4) is 0 Å². The molecule has 1 saturated heterocycles. The molecular weight excluding hydrogens is 625 g/mol. The summed E-state index contributed by atoms with van der Waals surface area (Å²) in [7, 11) is 0. The number of benzene rings is 4. The van der Waals surface area contributed by atoms with E-state index in [1.54, 1.807) is 0 Å². The number of aliphatic imine (C=N–C) groups is 1. The topological polar surface area (TPSA) is 71.9 Å². The summed E-state index contributed by atoms with van der Waals surface area (Å²) in [5.41, 5.74) is 11.6. The first kappa shape index (κ1) is 35.1. The van der Waals surface area contributed by atoms with Crippen LogP contribution in [0.1, 0.15) is 81.8 Å². The second kappa shape index (κ2) is 17.3. The number of fused-ring (bicyclic) bond motifs is 1. The van der Waals surface area contributed by atoms with Crippen molar-refractivity contribution in [3.63, 3.8) is 0 Å². The third kappa shape index (κ3) is 8.95. The number of rotatable bonds is 16. The zero-order valence-electron chi connectivity index (χ0n) is 30.6. The molecule has 0 aromatic heterocycles. The van der Waals surface area contributed by atoms with Crippen LogP contribution in [0, 0.1) is 11.3 Å². The summed E-state index contributed by atoms with van der Waals surface area (Å²) >= 11 is 0. The number of nitrogens with zero attached hydrogens (tertiary/aromatic N) is 4. The predicted octanol–water partition coefficient (Wildman–Crippen LogP) is 9.13. The molecule has 4 aromatic rings. The summed E-state index contributed by atoms with van der Waals surface area (Å²) < 4.78 is 0. The summed E-state index contributed by atoms with van der Waals surface area (Å²) in [6.07, 6.45) is 16.3. The molecular formula is C45H58N6. The van der Waals surface area contributed by atoms with Crippen LogP contribution in [0.15, 0.2) is 102 Å². The van der Waals surface area contributed by atoms with Gasteiger partial charge >= 0.3 is 0 Å². The average molecular weight is 683 g/mol. The quantitative estimate of drug-likeness (QED) is 0.116. The average Bonchev–Trinajstić information content (AvgIpc) is 3.68. The minimum atomic E-state index is 0.277. The van der Waals surface area contributed by atoms with Crippen molar-refractivity contribution in [3.8, 4) is 11.1 Å². The Kier molecular flexibility index (Phi) is 11.9. The van der Waals surface area contributed by atoms with Gasteiger partial charge < -0.3 is 20.4 Å². The molecule has 0 spiro atoms. The monoisotopic (exact) mass is 682 g/mol. The highest BCUT2D eigenvalue weighted by Crippen LogP contribution is 2.29. The highest BCUT2D eigenvalue weighted by molar-refractivity contribution is 5.86. The van der Waals surface area contributed by atoms with Gasteiger partial charge in [-0.15, -0.1) is 0 Å². The summed E-state index contributed by atoms with van der Waals surface area (Å²) in [5, 5.41) is 12.0. The van der Waals surface area contributed by atoms with Crippen LogP contribution in [0.2, 0.25) is 0 Å². The van der Waals surface area contributed by atoms with Gasteiger partial charge in [0.15, 0.2) is 11.9 Å². The van der Waals surface area contributed by atoms with Crippen LogP contribution in [0.25, 0.3) is 21.9 Å². The van der Waals surface area contributed by atoms with Crippen LogP contribution in [-0.2, 0) is 12.8 Å². The molecule has 7 rings (SSSR count). The Labute approximate surface area is 306 Å². The molecule has 268 valence electrons. The molecule has 0 radical (unpaired) electrons. The fraction of sp³-hybridized carbons (Fsp3) is 0.467. The standard InChI is InChI=1S/C45H58N6/c46-44-48-33-41(50(44)30-12-9-16-35-14-3-1-4-15-35)22-10-11-29-49-34-42(32-40-21-13-20-39-19-7-8-23-43(39)40)51(45(49)47)31-28-36-24-26-38(27-25-36)37-17-5-2-6-18-37/h2,5-8,13,17-21,23-27,35,41-42,47H,1,3-4,9-12,14-16,22,28-34H2,(H2,46,48)/t41-,42+/m0/s1. The summed E-state index contributed by atoms with van der Waals surface area (Å²) in [4.78, 5) is 11.8. The van der Waals surface area contributed by atoms with E-state index in [1.165, 1.54) is 84.4 Å². The van der Waals surface area contributed by atoms with E-state index in [2.05, 4.69) is 117 Å². The highest BCUT2D eigenvalue weighted by atomic mass is 15.4. The maximum absolute atomic E-state index is 9.37. The molecule has 3 N–H and O–H groups in total. The molecule has 2 aliphatic heterocycles. The van der Waals surface area contributed by atoms with Gasteiger partial charge in [0.1, 0.15) is 0 Å². The molecule has 1 saturated carbocycles. The van der Waals surface area contributed by atoms with Gasteiger partial charge in [0.2, 0.25) is 0 Å². The second-order valence-corrected chi connectivity index (χ2v) is 15.3. The highest BCUT2D eigenvalue weighted by Gasteiger charge is 2.34. The van der Waals surface area contributed by atoms with Gasteiger partial charge in [0.25, 0.3) is 0 Å². The summed E-state index contributed by atoms with van der Waals surface area (Å²) in [6, 6.07) is 35.7. The van der Waals surface area contributed by atoms with Crippen molar-refractivity contribution < 1.29 is 0 Å². The number of unbranched alkanes of at least 4 members (excludes halogenated alkanes) is 2. The van der Waals surface area contributed by atoms with Crippen LogP contribution in [-0.4, -0.2) is 71.4 Å². The molecule has 6 heteroatoms. The number of nitrogens with one attached hydrogen (secondary N) is 1. The van der Waals surface area contributed by atoms with E-state index in [-0.39, 0.29) is 6.04 Å². The smallest absolute Gasteiger partial charge is 0.194 e. The Morgan fingerprint density at radius 2 is 1.39 bits per heavy atom. The predicted molar refractivity (Wildman–Crippen MR) is 214 cm³/mol. The van der Waals surface area contributed by atoms with Gasteiger partial charge in [-0.1, -0.05) is 142 Å². The van der Waals surface area contributed by atoms with Crippen molar-refractivity contribution >= 4 is 22.7 Å². The van der Waals surface area contributed by atoms with E-state index in [0.717, 1.165) is 76.7 Å². The van der Waals surface area contributed by atoms with Gasteiger partial charge in [-0.05, 0) is 77.5 Å². The summed E-state index contributed by atoms with van der Waals surface area (Å²) in [6.45, 7) is 4.56. The molecule has 3 aliphatic rings. The minimum Gasteiger partial charge on any atom is -0.370 e. The zero-order chi connectivity index (χ0) is 34.8. The molecule has 0 unspecified atom stereocenters. The molecule has 0 amide bonds. The van der Waals surface area contributed by atoms with Crippen molar-refractivity contribution in [1.82, 2.24) is 14.7 Å². The lowest BCUT2D eigenvalue weighted by Gasteiger charge is -2.27. The van der Waals surface area contributed by atoms with Crippen molar-refractivity contribution in [2.24, 2.45) is 16.6 Å². The molecule has 6 nitrogen and oxygen atoms in total. The first-order valence-electron chi connectivity index (χ1n) is 19.9. The third-order valence-electron chi connectivity index (χ3n) is 11.9. The molecule has 2 atom stereocenters. The summed E-state index contributed by atoms with van der Waals surface area (Å²) in [5.74, 6) is 2.40. The number of nitrogens with two attached hydrogens (primary N) is 1. The number of guanidine groups is 2. The Hall–Kier alpha value is -4.32. The van der Waals surface area contributed by atoms with E-state index in [4.69, 9.17) is 5.73 Å². The van der Waals surface area contributed by atoms with E-state index >= 15 is 0 Å². The maximum Gasteiger partial charge on any atom is 0.194 e. The lowest BCUT2D eigenvalue weighted by Crippen LogP contribution is -2.41. The van der Waals surface area contributed by atoms with E-state index in [0.29, 0.717) is 12.0 Å². The van der Waals surface area contributed by atoms with Crippen molar-refractivity contribution in [3.05, 3.63) is 108 Å². The fourth-order valence-corrected chi connectivity index (χ4v) is 8.92. The lowest BCUT2D eigenvalue weighted by molar-refractivity contribution is 0.289. The zero-order valence-corrected chi connectivity index (χ0v) is 30.6. The van der Waals surface area contributed by atoms with Gasteiger partial charge in [0, 0.05) is 26.2 Å². The van der Waals surface area contributed by atoms with Gasteiger partial charge in [-0.25, -0.2) is 0 Å². The second-order valence-electron chi connectivity index (χ2n) is 15.3. The Morgan fingerprint density at radius 3 is 2.24 bits per heavy atom. The van der Waals surface area contributed by atoms with Crippen molar-refractivity contribution in [1.29, 1.82) is 5.41 Å². The Balaban J connectivity index is 0.939. The third-order valence-corrected chi connectivity index (χ3v) is 11.9. The van der Waals surface area contributed by atoms with Gasteiger partial charge in [0.05, 0.1) is 18.6 Å². The molecule has 2 fully saturated rings. The van der Waals surface area contributed by atoms with Crippen LogP contribution in [0.5, 0.6) is 0 Å². The maximum atomic E-state index is 9.37. The van der Waals surface area contributed by atoms with Crippen molar-refractivity contribution in [2.45, 2.75) is 95.6 Å². The fourth-order valence-electron chi connectivity index (χ4n) is 8.92. The Bertz CT molecular complexity index is 1720. The normalized spacial score (nSPS) is 19.7. The molecule has 0 bridgehead atoms. The molecule has 4 aromatic carbocycles. The lowest BCUT2D eigenvalue weighted by atomic mass is 9.86. The molecule has 2 heterocycles. The first-order chi connectivity index (χ1) is 25.1. The van der Waals surface area contributed by atoms with Crippen LogP contribution in [0.4, 0.5) is 0 Å². The Morgan fingerprint density at radius 1 is 0.667 bits per heavy atom. The van der Waals surface area contributed by atoms with Gasteiger partial charge in [-0.2, -0.15) is 0 Å².